The fourth-order valence-electron chi connectivity index (χ4n) is 1.73. The summed E-state index contributed by atoms with van der Waals surface area (Å²) in [5, 5.41) is 0. The minimum absolute atomic E-state index is 0.169. The Morgan fingerprint density at radius 2 is 1.94 bits per heavy atom. The third-order valence-electron chi connectivity index (χ3n) is 2.48. The van der Waals surface area contributed by atoms with Gasteiger partial charge in [-0.15, -0.1) is 0 Å². The zero-order valence-electron chi connectivity index (χ0n) is 10.0. The average molecular weight is 241 g/mol. The standard InChI is InChI=1S/C12H19NO2S/c1-4-9-16(14,15)13-11(3)12-8-6-5-7-10(12)2/h5-8,11,13H,4,9H2,1-3H3/t11-/m0/s1. The van der Waals surface area contributed by atoms with Crippen molar-refractivity contribution in [3.8, 4) is 0 Å². The molecule has 1 atom stereocenters. The van der Waals surface area contributed by atoms with Gasteiger partial charge in [-0.05, 0) is 31.4 Å². The number of nitrogens with one attached hydrogen (secondary N) is 1. The van der Waals surface area contributed by atoms with E-state index in [-0.39, 0.29) is 11.8 Å². The molecule has 3 nitrogen and oxygen atoms in total. The summed E-state index contributed by atoms with van der Waals surface area (Å²) in [7, 11) is -3.15. The van der Waals surface area contributed by atoms with Gasteiger partial charge in [0.1, 0.15) is 0 Å². The van der Waals surface area contributed by atoms with E-state index in [0.717, 1.165) is 11.1 Å². The van der Waals surface area contributed by atoms with E-state index in [4.69, 9.17) is 0 Å². The highest BCUT2D eigenvalue weighted by atomic mass is 32.2. The van der Waals surface area contributed by atoms with Crippen molar-refractivity contribution in [2.24, 2.45) is 0 Å². The first-order chi connectivity index (χ1) is 7.46. The lowest BCUT2D eigenvalue weighted by Crippen LogP contribution is -2.29. The summed E-state index contributed by atoms with van der Waals surface area (Å²) in [5.74, 6) is 0.184. The first-order valence-electron chi connectivity index (χ1n) is 5.52. The lowest BCUT2D eigenvalue weighted by Gasteiger charge is -2.16. The highest BCUT2D eigenvalue weighted by Crippen LogP contribution is 2.17. The summed E-state index contributed by atoms with van der Waals surface area (Å²) in [5.41, 5.74) is 2.14. The molecule has 0 heterocycles. The lowest BCUT2D eigenvalue weighted by atomic mass is 10.0. The average Bonchev–Trinajstić information content (AvgIpc) is 2.17. The van der Waals surface area contributed by atoms with E-state index < -0.39 is 10.0 Å². The van der Waals surface area contributed by atoms with E-state index in [2.05, 4.69) is 4.72 Å². The molecule has 0 unspecified atom stereocenters. The topological polar surface area (TPSA) is 46.2 Å². The Morgan fingerprint density at radius 3 is 2.50 bits per heavy atom. The second kappa shape index (κ2) is 5.46. The van der Waals surface area contributed by atoms with Crippen LogP contribution in [0.5, 0.6) is 0 Å². The second-order valence-corrected chi connectivity index (χ2v) is 5.89. The van der Waals surface area contributed by atoms with Gasteiger partial charge in [-0.3, -0.25) is 0 Å². The van der Waals surface area contributed by atoms with Crippen molar-refractivity contribution in [2.75, 3.05) is 5.75 Å². The van der Waals surface area contributed by atoms with E-state index >= 15 is 0 Å². The van der Waals surface area contributed by atoms with Crippen LogP contribution in [0.15, 0.2) is 24.3 Å². The summed E-state index contributed by atoms with van der Waals surface area (Å²) >= 11 is 0. The van der Waals surface area contributed by atoms with Crippen LogP contribution in [-0.4, -0.2) is 14.2 Å². The SMILES string of the molecule is CCCS(=O)(=O)N[C@@H](C)c1ccccc1C. The van der Waals surface area contributed by atoms with Crippen LogP contribution in [0.3, 0.4) is 0 Å². The molecule has 1 N–H and O–H groups in total. The maximum Gasteiger partial charge on any atom is 0.212 e. The van der Waals surface area contributed by atoms with Crippen molar-refractivity contribution in [2.45, 2.75) is 33.2 Å². The molecule has 1 aromatic rings. The lowest BCUT2D eigenvalue weighted by molar-refractivity contribution is 0.565. The smallest absolute Gasteiger partial charge is 0.212 e. The third kappa shape index (κ3) is 3.61. The third-order valence-corrected chi connectivity index (χ3v) is 4.14. The highest BCUT2D eigenvalue weighted by Gasteiger charge is 2.15. The molecule has 0 aliphatic heterocycles. The largest absolute Gasteiger partial charge is 0.212 e. The van der Waals surface area contributed by atoms with Crippen LogP contribution in [-0.2, 0) is 10.0 Å². The van der Waals surface area contributed by atoms with Gasteiger partial charge in [0.25, 0.3) is 0 Å². The predicted molar refractivity (Wildman–Crippen MR) is 66.8 cm³/mol. The number of benzene rings is 1. The molecule has 0 aromatic heterocycles. The van der Waals surface area contributed by atoms with Crippen LogP contribution in [0.4, 0.5) is 0 Å². The number of rotatable bonds is 5. The molecule has 0 aliphatic carbocycles. The summed E-state index contributed by atoms with van der Waals surface area (Å²) in [4.78, 5) is 0. The van der Waals surface area contributed by atoms with E-state index in [1.807, 2.05) is 45.0 Å². The molecule has 0 saturated carbocycles. The molecular weight excluding hydrogens is 222 g/mol. The molecular formula is C12H19NO2S. The normalized spacial score (nSPS) is 13.7. The molecule has 0 bridgehead atoms. The van der Waals surface area contributed by atoms with Crippen molar-refractivity contribution in [1.82, 2.24) is 4.72 Å². The molecule has 0 aliphatic rings. The zero-order valence-corrected chi connectivity index (χ0v) is 10.8. The van der Waals surface area contributed by atoms with Crippen LogP contribution in [0.25, 0.3) is 0 Å². The molecule has 1 aromatic carbocycles. The minimum atomic E-state index is -3.15. The molecule has 0 radical (unpaired) electrons. The second-order valence-electron chi connectivity index (χ2n) is 4.01. The van der Waals surface area contributed by atoms with Gasteiger partial charge in [0.2, 0.25) is 10.0 Å². The van der Waals surface area contributed by atoms with Gasteiger partial charge < -0.3 is 0 Å². The van der Waals surface area contributed by atoms with Gasteiger partial charge in [0.05, 0.1) is 5.75 Å². The molecule has 0 saturated heterocycles. The molecule has 16 heavy (non-hydrogen) atoms. The summed E-state index contributed by atoms with van der Waals surface area (Å²) in [6, 6.07) is 7.64. The summed E-state index contributed by atoms with van der Waals surface area (Å²) in [6.07, 6.45) is 0.635. The van der Waals surface area contributed by atoms with Crippen molar-refractivity contribution in [3.63, 3.8) is 0 Å². The van der Waals surface area contributed by atoms with Crippen molar-refractivity contribution < 1.29 is 8.42 Å². The van der Waals surface area contributed by atoms with Crippen molar-refractivity contribution >= 4 is 10.0 Å². The molecule has 4 heteroatoms. The quantitative estimate of drug-likeness (QED) is 0.860. The van der Waals surface area contributed by atoms with E-state index in [9.17, 15) is 8.42 Å². The van der Waals surface area contributed by atoms with Gasteiger partial charge in [0, 0.05) is 6.04 Å². The predicted octanol–water partition coefficient (Wildman–Crippen LogP) is 2.39. The Labute approximate surface area is 97.9 Å². The monoisotopic (exact) mass is 241 g/mol. The number of hydrogen-bond donors (Lipinski definition) is 1. The fourth-order valence-corrected chi connectivity index (χ4v) is 3.05. The van der Waals surface area contributed by atoms with E-state index in [0.29, 0.717) is 6.42 Å². The Bertz CT molecular complexity index is 440. The molecule has 0 amide bonds. The Morgan fingerprint density at radius 1 is 1.31 bits per heavy atom. The van der Waals surface area contributed by atoms with Crippen LogP contribution in [0.1, 0.15) is 37.4 Å². The van der Waals surface area contributed by atoms with Gasteiger partial charge in [0.15, 0.2) is 0 Å². The van der Waals surface area contributed by atoms with E-state index in [1.54, 1.807) is 0 Å². The molecule has 1 rings (SSSR count). The maximum atomic E-state index is 11.6. The first-order valence-corrected chi connectivity index (χ1v) is 7.17. The first kappa shape index (κ1) is 13.2. The Kier molecular flexibility index (Phi) is 4.50. The number of aryl methyl sites for hydroxylation is 1. The maximum absolute atomic E-state index is 11.6. The Hall–Kier alpha value is -0.870. The van der Waals surface area contributed by atoms with Crippen LogP contribution in [0, 0.1) is 6.92 Å². The number of sulfonamides is 1. The zero-order chi connectivity index (χ0) is 12.2. The van der Waals surface area contributed by atoms with Crippen LogP contribution in [0.2, 0.25) is 0 Å². The minimum Gasteiger partial charge on any atom is -0.212 e. The summed E-state index contributed by atoms with van der Waals surface area (Å²) < 4.78 is 25.9. The molecule has 90 valence electrons. The van der Waals surface area contributed by atoms with E-state index in [1.165, 1.54) is 0 Å². The van der Waals surface area contributed by atoms with Gasteiger partial charge >= 0.3 is 0 Å². The number of hydrogen-bond acceptors (Lipinski definition) is 2. The van der Waals surface area contributed by atoms with Crippen LogP contribution < -0.4 is 4.72 Å². The fraction of sp³-hybridized carbons (Fsp3) is 0.500. The van der Waals surface area contributed by atoms with Crippen molar-refractivity contribution in [1.29, 1.82) is 0 Å². The van der Waals surface area contributed by atoms with Gasteiger partial charge in [-0.1, -0.05) is 31.2 Å². The van der Waals surface area contributed by atoms with Crippen molar-refractivity contribution in [3.05, 3.63) is 35.4 Å². The van der Waals surface area contributed by atoms with Crippen LogP contribution >= 0.6 is 0 Å². The molecule has 0 spiro atoms. The Balaban J connectivity index is 2.81. The summed E-state index contributed by atoms with van der Waals surface area (Å²) in [6.45, 7) is 5.72. The van der Waals surface area contributed by atoms with Gasteiger partial charge in [-0.25, -0.2) is 13.1 Å². The highest BCUT2D eigenvalue weighted by molar-refractivity contribution is 7.89. The molecule has 0 fully saturated rings. The van der Waals surface area contributed by atoms with Gasteiger partial charge in [-0.2, -0.15) is 0 Å².